The van der Waals surface area contributed by atoms with Gasteiger partial charge in [-0.2, -0.15) is 0 Å². The van der Waals surface area contributed by atoms with Gasteiger partial charge in [-0.05, 0) is 27.9 Å². The molecule has 0 saturated heterocycles. The quantitative estimate of drug-likeness (QED) is 0.840. The predicted octanol–water partition coefficient (Wildman–Crippen LogP) is 3.42. The summed E-state index contributed by atoms with van der Waals surface area (Å²) in [6.07, 6.45) is 0. The number of anilines is 1. The van der Waals surface area contributed by atoms with E-state index in [0.29, 0.717) is 13.2 Å². The normalized spacial score (nSPS) is 12.6. The van der Waals surface area contributed by atoms with Crippen molar-refractivity contribution in [2.45, 2.75) is 6.92 Å². The topological polar surface area (TPSA) is 21.3 Å². The van der Waals surface area contributed by atoms with Crippen molar-refractivity contribution in [1.82, 2.24) is 0 Å². The predicted molar refractivity (Wildman–Crippen MR) is 63.6 cm³/mol. The Hall–Kier alpha value is -0.680. The lowest BCUT2D eigenvalue weighted by atomic mass is 10.2. The molecule has 1 aromatic rings. The van der Waals surface area contributed by atoms with Gasteiger partial charge in [-0.1, -0.05) is 6.92 Å². The Labute approximate surface area is 102 Å². The first kappa shape index (κ1) is 13.4. The standard InChI is InChI=1S/C11H14BrF2NO/c1-7(6-16-2)5-15-11-3-8(12)9(13)4-10(11)14/h3-4,7,15H,5-6H2,1-2H3. The van der Waals surface area contributed by atoms with Crippen molar-refractivity contribution in [3.63, 3.8) is 0 Å². The zero-order chi connectivity index (χ0) is 12.1. The molecule has 1 unspecified atom stereocenters. The summed E-state index contributed by atoms with van der Waals surface area (Å²) in [6.45, 7) is 3.15. The van der Waals surface area contributed by atoms with E-state index in [1.165, 1.54) is 6.07 Å². The van der Waals surface area contributed by atoms with E-state index in [-0.39, 0.29) is 16.1 Å². The molecule has 0 bridgehead atoms. The van der Waals surface area contributed by atoms with Crippen LogP contribution in [0.5, 0.6) is 0 Å². The van der Waals surface area contributed by atoms with Crippen LogP contribution in [0.25, 0.3) is 0 Å². The van der Waals surface area contributed by atoms with E-state index in [1.54, 1.807) is 7.11 Å². The molecule has 0 aromatic heterocycles. The molecule has 0 aliphatic heterocycles. The molecule has 0 saturated carbocycles. The SMILES string of the molecule is COCC(C)CNc1cc(Br)c(F)cc1F. The Morgan fingerprint density at radius 3 is 2.69 bits per heavy atom. The molecule has 1 atom stereocenters. The summed E-state index contributed by atoms with van der Waals surface area (Å²) in [4.78, 5) is 0. The highest BCUT2D eigenvalue weighted by molar-refractivity contribution is 9.10. The van der Waals surface area contributed by atoms with Crippen molar-refractivity contribution in [3.05, 3.63) is 28.2 Å². The average molecular weight is 294 g/mol. The summed E-state index contributed by atoms with van der Waals surface area (Å²) in [6, 6.07) is 2.25. The van der Waals surface area contributed by atoms with Crippen LogP contribution < -0.4 is 5.32 Å². The van der Waals surface area contributed by atoms with E-state index >= 15 is 0 Å². The maximum Gasteiger partial charge on any atom is 0.149 e. The minimum Gasteiger partial charge on any atom is -0.384 e. The molecular weight excluding hydrogens is 280 g/mol. The van der Waals surface area contributed by atoms with Gasteiger partial charge in [0, 0.05) is 19.7 Å². The highest BCUT2D eigenvalue weighted by atomic mass is 79.9. The van der Waals surface area contributed by atoms with Crippen LogP contribution in [-0.4, -0.2) is 20.3 Å². The first-order chi connectivity index (χ1) is 7.54. The third kappa shape index (κ3) is 3.72. The molecule has 0 spiro atoms. The fourth-order valence-electron chi connectivity index (χ4n) is 1.29. The van der Waals surface area contributed by atoms with Gasteiger partial charge in [0.05, 0.1) is 16.8 Å². The summed E-state index contributed by atoms with van der Waals surface area (Å²) in [7, 11) is 1.62. The van der Waals surface area contributed by atoms with E-state index in [4.69, 9.17) is 4.74 Å². The maximum atomic E-state index is 13.3. The number of hydrogen-bond donors (Lipinski definition) is 1. The smallest absolute Gasteiger partial charge is 0.149 e. The summed E-state index contributed by atoms with van der Waals surface area (Å²) < 4.78 is 31.5. The second-order valence-corrected chi connectivity index (χ2v) is 4.54. The number of benzene rings is 1. The van der Waals surface area contributed by atoms with Gasteiger partial charge in [0.15, 0.2) is 0 Å². The Morgan fingerprint density at radius 1 is 1.38 bits per heavy atom. The van der Waals surface area contributed by atoms with Crippen LogP contribution >= 0.6 is 15.9 Å². The van der Waals surface area contributed by atoms with Gasteiger partial charge in [-0.15, -0.1) is 0 Å². The van der Waals surface area contributed by atoms with Gasteiger partial charge in [0.25, 0.3) is 0 Å². The first-order valence-corrected chi connectivity index (χ1v) is 5.71. The number of hydrogen-bond acceptors (Lipinski definition) is 2. The fraction of sp³-hybridized carbons (Fsp3) is 0.455. The zero-order valence-electron chi connectivity index (χ0n) is 9.19. The van der Waals surface area contributed by atoms with Crippen LogP contribution in [-0.2, 0) is 4.74 Å². The lowest BCUT2D eigenvalue weighted by molar-refractivity contribution is 0.164. The summed E-state index contributed by atoms with van der Waals surface area (Å²) in [5, 5.41) is 2.91. The van der Waals surface area contributed by atoms with Crippen LogP contribution in [0.4, 0.5) is 14.5 Å². The van der Waals surface area contributed by atoms with Gasteiger partial charge >= 0.3 is 0 Å². The summed E-state index contributed by atoms with van der Waals surface area (Å²) >= 11 is 3.01. The summed E-state index contributed by atoms with van der Waals surface area (Å²) in [5.74, 6) is -0.938. The number of nitrogens with one attached hydrogen (secondary N) is 1. The Balaban J connectivity index is 2.63. The fourth-order valence-corrected chi connectivity index (χ4v) is 1.63. The van der Waals surface area contributed by atoms with Crippen LogP contribution in [0.3, 0.4) is 0 Å². The molecule has 1 aromatic carbocycles. The second kappa shape index (κ2) is 6.15. The van der Waals surface area contributed by atoms with Crippen molar-refractivity contribution < 1.29 is 13.5 Å². The third-order valence-corrected chi connectivity index (χ3v) is 2.71. The van der Waals surface area contributed by atoms with Crippen molar-refractivity contribution in [1.29, 1.82) is 0 Å². The van der Waals surface area contributed by atoms with E-state index in [9.17, 15) is 8.78 Å². The monoisotopic (exact) mass is 293 g/mol. The molecule has 2 nitrogen and oxygen atoms in total. The minimum absolute atomic E-state index is 0.246. The van der Waals surface area contributed by atoms with E-state index < -0.39 is 11.6 Å². The van der Waals surface area contributed by atoms with Crippen molar-refractivity contribution in [3.8, 4) is 0 Å². The average Bonchev–Trinajstić information content (AvgIpc) is 2.22. The molecule has 0 aliphatic carbocycles. The maximum absolute atomic E-state index is 13.3. The highest BCUT2D eigenvalue weighted by Gasteiger charge is 2.09. The molecule has 90 valence electrons. The molecule has 0 radical (unpaired) electrons. The molecule has 0 heterocycles. The van der Waals surface area contributed by atoms with E-state index in [0.717, 1.165) is 6.07 Å². The van der Waals surface area contributed by atoms with Crippen LogP contribution in [0.1, 0.15) is 6.92 Å². The van der Waals surface area contributed by atoms with Gasteiger partial charge in [0.2, 0.25) is 0 Å². The van der Waals surface area contributed by atoms with Gasteiger partial charge in [-0.3, -0.25) is 0 Å². The van der Waals surface area contributed by atoms with Gasteiger partial charge < -0.3 is 10.1 Å². The van der Waals surface area contributed by atoms with Crippen LogP contribution in [0.15, 0.2) is 16.6 Å². The largest absolute Gasteiger partial charge is 0.384 e. The van der Waals surface area contributed by atoms with Crippen molar-refractivity contribution >= 4 is 21.6 Å². The highest BCUT2D eigenvalue weighted by Crippen LogP contribution is 2.23. The van der Waals surface area contributed by atoms with Crippen molar-refractivity contribution in [2.24, 2.45) is 5.92 Å². The third-order valence-electron chi connectivity index (χ3n) is 2.10. The number of methoxy groups -OCH3 is 1. The lowest BCUT2D eigenvalue weighted by Crippen LogP contribution is -2.16. The second-order valence-electron chi connectivity index (χ2n) is 3.69. The number of rotatable bonds is 5. The van der Waals surface area contributed by atoms with Gasteiger partial charge in [-0.25, -0.2) is 8.78 Å². The van der Waals surface area contributed by atoms with Gasteiger partial charge in [0.1, 0.15) is 11.6 Å². The molecule has 1 N–H and O–H groups in total. The first-order valence-electron chi connectivity index (χ1n) is 4.92. The van der Waals surface area contributed by atoms with Crippen LogP contribution in [0.2, 0.25) is 0 Å². The Kier molecular flexibility index (Phi) is 5.15. The Morgan fingerprint density at radius 2 is 2.06 bits per heavy atom. The number of halogens is 3. The van der Waals surface area contributed by atoms with E-state index in [1.807, 2.05) is 6.92 Å². The lowest BCUT2D eigenvalue weighted by Gasteiger charge is -2.13. The molecule has 0 amide bonds. The number of ether oxygens (including phenoxy) is 1. The van der Waals surface area contributed by atoms with Crippen LogP contribution in [0, 0.1) is 17.6 Å². The molecule has 5 heteroatoms. The molecule has 1 rings (SSSR count). The van der Waals surface area contributed by atoms with E-state index in [2.05, 4.69) is 21.2 Å². The Bertz CT molecular complexity index is 360. The van der Waals surface area contributed by atoms with Crippen molar-refractivity contribution in [2.75, 3.05) is 25.6 Å². The molecule has 0 aliphatic rings. The zero-order valence-corrected chi connectivity index (χ0v) is 10.8. The summed E-state index contributed by atoms with van der Waals surface area (Å²) in [5.41, 5.74) is 0.288. The molecule has 0 fully saturated rings. The minimum atomic E-state index is -0.604. The molecular formula is C11H14BrF2NO. The molecule has 16 heavy (non-hydrogen) atoms.